The summed E-state index contributed by atoms with van der Waals surface area (Å²) in [4.78, 5) is 0. The lowest BCUT2D eigenvalue weighted by Gasteiger charge is -2.18. The standard InChI is InChI=1S/C23H45BO5/c1-2-3-4-5-6-7-8-9-10-11-12-13-14-15-16-27-17-18-28-22-21(26)20(19-25)29-23(22)24/h20-23,25-26H,2-19H2,1H3. The molecule has 4 atom stereocenters. The van der Waals surface area contributed by atoms with Gasteiger partial charge in [-0.15, -0.1) is 0 Å². The fourth-order valence-corrected chi connectivity index (χ4v) is 3.85. The molecular formula is C23H45BO5. The van der Waals surface area contributed by atoms with Gasteiger partial charge in [0, 0.05) is 12.6 Å². The summed E-state index contributed by atoms with van der Waals surface area (Å²) >= 11 is 0. The van der Waals surface area contributed by atoms with Gasteiger partial charge in [0.15, 0.2) is 0 Å². The Morgan fingerprint density at radius 3 is 1.76 bits per heavy atom. The number of hydrogen-bond acceptors (Lipinski definition) is 5. The van der Waals surface area contributed by atoms with Crippen molar-refractivity contribution in [2.24, 2.45) is 0 Å². The van der Waals surface area contributed by atoms with E-state index in [1.165, 1.54) is 83.5 Å². The van der Waals surface area contributed by atoms with Crippen LogP contribution in [0.15, 0.2) is 0 Å². The monoisotopic (exact) mass is 412 g/mol. The van der Waals surface area contributed by atoms with Gasteiger partial charge in [0.2, 0.25) is 0 Å². The largest absolute Gasteiger partial charge is 0.394 e. The normalized spacial score (nSPS) is 24.4. The number of aliphatic hydroxyl groups excluding tert-OH is 2. The predicted octanol–water partition coefficient (Wildman–Crippen LogP) is 4.12. The van der Waals surface area contributed by atoms with Gasteiger partial charge >= 0.3 is 0 Å². The number of unbranched alkanes of at least 4 members (excludes halogenated alkanes) is 13. The highest BCUT2D eigenvalue weighted by molar-refractivity contribution is 6.11. The van der Waals surface area contributed by atoms with Crippen molar-refractivity contribution in [3.63, 3.8) is 0 Å². The molecule has 0 bridgehead atoms. The van der Waals surface area contributed by atoms with Crippen molar-refractivity contribution >= 4 is 7.85 Å². The molecule has 0 amide bonds. The maximum absolute atomic E-state index is 9.93. The maximum atomic E-state index is 9.93. The third-order valence-corrected chi connectivity index (χ3v) is 5.73. The Kier molecular flexibility index (Phi) is 17.3. The molecule has 0 saturated carbocycles. The van der Waals surface area contributed by atoms with Crippen molar-refractivity contribution in [3.8, 4) is 0 Å². The Morgan fingerprint density at radius 2 is 1.28 bits per heavy atom. The smallest absolute Gasteiger partial charge is 0.112 e. The molecule has 2 radical (unpaired) electrons. The number of aliphatic hydroxyl groups is 2. The van der Waals surface area contributed by atoms with Crippen LogP contribution in [0.4, 0.5) is 0 Å². The van der Waals surface area contributed by atoms with Gasteiger partial charge in [0.05, 0.1) is 19.8 Å². The van der Waals surface area contributed by atoms with Gasteiger partial charge in [-0.1, -0.05) is 90.4 Å². The fraction of sp³-hybridized carbons (Fsp3) is 1.00. The summed E-state index contributed by atoms with van der Waals surface area (Å²) in [7, 11) is 5.75. The minimum absolute atomic E-state index is 0.260. The highest BCUT2D eigenvalue weighted by atomic mass is 16.6. The van der Waals surface area contributed by atoms with E-state index in [1.807, 2.05) is 0 Å². The quantitative estimate of drug-likeness (QED) is 0.233. The fourth-order valence-electron chi connectivity index (χ4n) is 3.85. The number of rotatable bonds is 20. The molecule has 1 heterocycles. The van der Waals surface area contributed by atoms with Gasteiger partial charge in [-0.25, -0.2) is 0 Å². The molecule has 0 aromatic heterocycles. The average molecular weight is 412 g/mol. The molecular weight excluding hydrogens is 367 g/mol. The second-order valence-electron chi connectivity index (χ2n) is 8.36. The van der Waals surface area contributed by atoms with E-state index in [0.717, 1.165) is 13.0 Å². The molecule has 1 saturated heterocycles. The molecule has 1 rings (SSSR count). The summed E-state index contributed by atoms with van der Waals surface area (Å²) in [5.74, 6) is 0. The second-order valence-corrected chi connectivity index (χ2v) is 8.36. The van der Waals surface area contributed by atoms with Crippen LogP contribution in [-0.2, 0) is 14.2 Å². The van der Waals surface area contributed by atoms with Gasteiger partial charge in [-0.2, -0.15) is 0 Å². The Hall–Kier alpha value is -0.135. The average Bonchev–Trinajstić information content (AvgIpc) is 3.00. The van der Waals surface area contributed by atoms with Gasteiger partial charge in [-0.05, 0) is 6.42 Å². The van der Waals surface area contributed by atoms with Crippen LogP contribution in [0, 0.1) is 0 Å². The lowest BCUT2D eigenvalue weighted by molar-refractivity contribution is -0.0465. The summed E-state index contributed by atoms with van der Waals surface area (Å²) in [6.45, 7) is 3.61. The molecule has 29 heavy (non-hydrogen) atoms. The molecule has 0 aliphatic carbocycles. The molecule has 0 spiro atoms. The molecule has 6 heteroatoms. The van der Waals surface area contributed by atoms with Gasteiger partial charge in [0.25, 0.3) is 0 Å². The summed E-state index contributed by atoms with van der Waals surface area (Å²) < 4.78 is 16.4. The Bertz CT molecular complexity index is 358. The summed E-state index contributed by atoms with van der Waals surface area (Å²) in [5.41, 5.74) is 0. The van der Waals surface area contributed by atoms with Crippen molar-refractivity contribution in [2.45, 2.75) is 121 Å². The van der Waals surface area contributed by atoms with E-state index in [4.69, 9.17) is 27.2 Å². The van der Waals surface area contributed by atoms with Crippen LogP contribution in [0.2, 0.25) is 0 Å². The topological polar surface area (TPSA) is 68.2 Å². The van der Waals surface area contributed by atoms with E-state index in [-0.39, 0.29) is 6.61 Å². The van der Waals surface area contributed by atoms with E-state index in [2.05, 4.69) is 6.92 Å². The Labute approximate surface area is 180 Å². The van der Waals surface area contributed by atoms with Crippen molar-refractivity contribution in [1.29, 1.82) is 0 Å². The van der Waals surface area contributed by atoms with E-state index >= 15 is 0 Å². The molecule has 1 fully saturated rings. The number of hydrogen-bond donors (Lipinski definition) is 2. The van der Waals surface area contributed by atoms with Gasteiger partial charge in [-0.3, -0.25) is 0 Å². The van der Waals surface area contributed by atoms with Crippen molar-refractivity contribution in [2.75, 3.05) is 26.4 Å². The Morgan fingerprint density at radius 1 is 0.759 bits per heavy atom. The summed E-state index contributed by atoms with van der Waals surface area (Å²) in [6.07, 6.45) is 16.8. The van der Waals surface area contributed by atoms with Crippen LogP contribution in [0.5, 0.6) is 0 Å². The van der Waals surface area contributed by atoms with Gasteiger partial charge < -0.3 is 24.4 Å². The molecule has 2 N–H and O–H groups in total. The molecule has 4 unspecified atom stereocenters. The van der Waals surface area contributed by atoms with Crippen LogP contribution in [0.25, 0.3) is 0 Å². The van der Waals surface area contributed by atoms with Crippen LogP contribution >= 0.6 is 0 Å². The first-order valence-corrected chi connectivity index (χ1v) is 12.1. The van der Waals surface area contributed by atoms with Crippen LogP contribution in [0.1, 0.15) is 96.8 Å². The second kappa shape index (κ2) is 18.6. The third kappa shape index (κ3) is 13.0. The third-order valence-electron chi connectivity index (χ3n) is 5.73. The van der Waals surface area contributed by atoms with Crippen molar-refractivity contribution < 1.29 is 24.4 Å². The lowest BCUT2D eigenvalue weighted by atomic mass is 9.93. The predicted molar refractivity (Wildman–Crippen MR) is 118 cm³/mol. The lowest BCUT2D eigenvalue weighted by Crippen LogP contribution is -2.37. The highest BCUT2D eigenvalue weighted by Crippen LogP contribution is 2.21. The first-order valence-electron chi connectivity index (χ1n) is 12.1. The summed E-state index contributed by atoms with van der Waals surface area (Å²) in [6, 6.07) is -0.701. The molecule has 1 aliphatic rings. The van der Waals surface area contributed by atoms with E-state index in [9.17, 15) is 5.11 Å². The first kappa shape index (κ1) is 26.9. The van der Waals surface area contributed by atoms with Crippen LogP contribution in [-0.4, -0.2) is 68.8 Å². The van der Waals surface area contributed by atoms with Crippen molar-refractivity contribution in [1.82, 2.24) is 0 Å². The SMILES string of the molecule is [B]C1OC(CO)C(O)C1OCCOCCCCCCCCCCCCCCCC. The van der Waals surface area contributed by atoms with E-state index in [1.54, 1.807) is 0 Å². The minimum Gasteiger partial charge on any atom is -0.394 e. The minimum atomic E-state index is -0.888. The van der Waals surface area contributed by atoms with Crippen LogP contribution in [0.3, 0.4) is 0 Å². The molecule has 0 aromatic carbocycles. The number of ether oxygens (including phenoxy) is 3. The first-order chi connectivity index (χ1) is 14.2. The zero-order valence-corrected chi connectivity index (χ0v) is 18.7. The van der Waals surface area contributed by atoms with E-state index in [0.29, 0.717) is 13.2 Å². The highest BCUT2D eigenvalue weighted by Gasteiger charge is 2.41. The van der Waals surface area contributed by atoms with Crippen molar-refractivity contribution in [3.05, 3.63) is 0 Å². The zero-order chi connectivity index (χ0) is 21.2. The zero-order valence-electron chi connectivity index (χ0n) is 18.7. The molecule has 0 aromatic rings. The van der Waals surface area contributed by atoms with Gasteiger partial charge in [0.1, 0.15) is 26.2 Å². The maximum Gasteiger partial charge on any atom is 0.112 e. The summed E-state index contributed by atoms with van der Waals surface area (Å²) in [5, 5.41) is 19.0. The molecule has 1 aliphatic heterocycles. The Balaban J connectivity index is 1.76. The molecule has 170 valence electrons. The van der Waals surface area contributed by atoms with E-state index < -0.39 is 24.3 Å². The molecule has 5 nitrogen and oxygen atoms in total. The van der Waals surface area contributed by atoms with Crippen LogP contribution < -0.4 is 0 Å².